The van der Waals surface area contributed by atoms with E-state index >= 15 is 0 Å². The van der Waals surface area contributed by atoms with E-state index in [1.54, 1.807) is 18.3 Å². The molecule has 0 amide bonds. The van der Waals surface area contributed by atoms with Gasteiger partial charge in [-0.1, -0.05) is 41.6 Å². The number of aromatic nitrogens is 2. The van der Waals surface area contributed by atoms with Crippen LogP contribution in [0.25, 0.3) is 10.9 Å². The molecular weight excluding hydrogens is 420 g/mol. The monoisotopic (exact) mass is 442 g/mol. The maximum Gasteiger partial charge on any atom is 0.335 e. The van der Waals surface area contributed by atoms with Crippen LogP contribution in [0.3, 0.4) is 0 Å². The number of fused-ring (bicyclic) bond motifs is 1. The van der Waals surface area contributed by atoms with Gasteiger partial charge in [0.2, 0.25) is 0 Å². The van der Waals surface area contributed by atoms with Gasteiger partial charge in [0.1, 0.15) is 5.75 Å². The number of nitrogens with zero attached hydrogens (tertiary/aromatic N) is 2. The van der Waals surface area contributed by atoms with Crippen molar-refractivity contribution >= 4 is 32.8 Å². The molecule has 146 valence electrons. The molecule has 1 aliphatic rings. The summed E-state index contributed by atoms with van der Waals surface area (Å²) >= 11 is 3.55. The van der Waals surface area contributed by atoms with E-state index in [0.29, 0.717) is 6.54 Å². The molecule has 0 atom stereocenters. The van der Waals surface area contributed by atoms with Crippen molar-refractivity contribution in [1.29, 1.82) is 0 Å². The Balaban J connectivity index is 1.52. The summed E-state index contributed by atoms with van der Waals surface area (Å²) in [7, 11) is 0. The molecule has 6 heteroatoms. The fraction of sp³-hybridized carbons (Fsp3) is 0.364. The Kier molecular flexibility index (Phi) is 5.67. The minimum Gasteiger partial charge on any atom is -0.493 e. The Morgan fingerprint density at radius 3 is 2.82 bits per heavy atom. The Hall–Kier alpha value is -2.34. The van der Waals surface area contributed by atoms with Gasteiger partial charge in [-0.2, -0.15) is 5.10 Å². The van der Waals surface area contributed by atoms with Crippen molar-refractivity contribution in [3.8, 4) is 5.75 Å². The summed E-state index contributed by atoms with van der Waals surface area (Å²) in [4.78, 5) is 11.2. The molecule has 1 aliphatic carbocycles. The van der Waals surface area contributed by atoms with Gasteiger partial charge in [-0.05, 0) is 48.7 Å². The van der Waals surface area contributed by atoms with Crippen LogP contribution in [0.5, 0.6) is 5.75 Å². The molecular formula is C22H23BrN2O3. The molecule has 0 unspecified atom stereocenters. The number of halogens is 1. The van der Waals surface area contributed by atoms with Gasteiger partial charge < -0.3 is 9.84 Å². The van der Waals surface area contributed by atoms with Crippen molar-refractivity contribution in [3.05, 3.63) is 58.2 Å². The number of aromatic carboxylic acids is 1. The largest absolute Gasteiger partial charge is 0.493 e. The maximum absolute atomic E-state index is 11.2. The lowest BCUT2D eigenvalue weighted by atomic mass is 10.1. The van der Waals surface area contributed by atoms with E-state index in [-0.39, 0.29) is 5.56 Å². The first-order valence-corrected chi connectivity index (χ1v) is 10.5. The molecule has 1 N–H and O–H groups in total. The molecule has 2 aromatic carbocycles. The van der Waals surface area contributed by atoms with Gasteiger partial charge in [-0.15, -0.1) is 0 Å². The number of ether oxygens (including phenoxy) is 1. The van der Waals surface area contributed by atoms with Crippen LogP contribution in [0.1, 0.15) is 48.0 Å². The van der Waals surface area contributed by atoms with Crippen molar-refractivity contribution in [1.82, 2.24) is 9.78 Å². The van der Waals surface area contributed by atoms with E-state index in [4.69, 9.17) is 9.84 Å². The van der Waals surface area contributed by atoms with E-state index in [2.05, 4.69) is 27.1 Å². The Morgan fingerprint density at radius 2 is 2.04 bits per heavy atom. The number of carbonyl (C=O) groups is 1. The average molecular weight is 443 g/mol. The quantitative estimate of drug-likeness (QED) is 0.524. The van der Waals surface area contributed by atoms with Gasteiger partial charge in [0.15, 0.2) is 0 Å². The lowest BCUT2D eigenvalue weighted by Crippen LogP contribution is -2.08. The molecule has 0 bridgehead atoms. The first-order chi connectivity index (χ1) is 13.6. The summed E-state index contributed by atoms with van der Waals surface area (Å²) < 4.78 is 9.00. The predicted octanol–water partition coefficient (Wildman–Crippen LogP) is 5.50. The molecule has 0 spiro atoms. The number of benzene rings is 2. The van der Waals surface area contributed by atoms with Crippen molar-refractivity contribution in [2.24, 2.45) is 5.92 Å². The van der Waals surface area contributed by atoms with E-state index in [9.17, 15) is 4.79 Å². The summed E-state index contributed by atoms with van der Waals surface area (Å²) in [6.07, 6.45) is 8.18. The second-order valence-corrected chi connectivity index (χ2v) is 8.34. The Morgan fingerprint density at radius 1 is 1.21 bits per heavy atom. The first-order valence-electron chi connectivity index (χ1n) is 9.70. The van der Waals surface area contributed by atoms with Crippen LogP contribution in [0.15, 0.2) is 47.1 Å². The minimum atomic E-state index is -0.931. The summed E-state index contributed by atoms with van der Waals surface area (Å²) in [5, 5.41) is 14.4. The van der Waals surface area contributed by atoms with Gasteiger partial charge >= 0.3 is 5.97 Å². The molecule has 1 aromatic heterocycles. The Labute approximate surface area is 172 Å². The van der Waals surface area contributed by atoms with Crippen LogP contribution in [-0.2, 0) is 6.54 Å². The van der Waals surface area contributed by atoms with Crippen molar-refractivity contribution in [2.45, 2.75) is 38.6 Å². The Bertz CT molecular complexity index is 993. The lowest BCUT2D eigenvalue weighted by molar-refractivity contribution is 0.0697. The van der Waals surface area contributed by atoms with E-state index in [1.807, 2.05) is 22.9 Å². The van der Waals surface area contributed by atoms with Gasteiger partial charge in [0, 0.05) is 15.4 Å². The topological polar surface area (TPSA) is 64.3 Å². The minimum absolute atomic E-state index is 0.269. The number of carboxylic acids is 1. The second-order valence-electron chi connectivity index (χ2n) is 7.42. The lowest BCUT2D eigenvalue weighted by Gasteiger charge is -2.14. The number of hydrogen-bond donors (Lipinski definition) is 1. The predicted molar refractivity (Wildman–Crippen MR) is 112 cm³/mol. The van der Waals surface area contributed by atoms with Gasteiger partial charge in [-0.3, -0.25) is 4.68 Å². The molecule has 1 heterocycles. The van der Waals surface area contributed by atoms with E-state index in [0.717, 1.165) is 45.6 Å². The van der Waals surface area contributed by atoms with Crippen molar-refractivity contribution in [3.63, 3.8) is 0 Å². The number of hydrogen-bond acceptors (Lipinski definition) is 3. The highest BCUT2D eigenvalue weighted by molar-refractivity contribution is 9.10. The molecule has 1 fully saturated rings. The van der Waals surface area contributed by atoms with E-state index < -0.39 is 5.97 Å². The summed E-state index contributed by atoms with van der Waals surface area (Å²) in [6, 6.07) is 11.1. The second kappa shape index (κ2) is 8.35. The standard InChI is InChI=1S/C22H23BrN2O3/c23-19-6-8-21(28-10-9-15-3-1-2-4-15)18(12-19)14-25-20-7-5-16(22(26)27)11-17(20)13-24-25/h5-8,11-13,15H,1-4,9-10,14H2,(H,26,27). The summed E-state index contributed by atoms with van der Waals surface area (Å²) in [5.74, 6) is 0.754. The third kappa shape index (κ3) is 4.22. The maximum atomic E-state index is 11.2. The number of rotatable bonds is 7. The van der Waals surface area contributed by atoms with Gasteiger partial charge in [0.25, 0.3) is 0 Å². The fourth-order valence-corrected chi connectivity index (χ4v) is 4.36. The van der Waals surface area contributed by atoms with Crippen LogP contribution in [0.2, 0.25) is 0 Å². The third-order valence-electron chi connectivity index (χ3n) is 5.49. The summed E-state index contributed by atoms with van der Waals surface area (Å²) in [6.45, 7) is 1.30. The SMILES string of the molecule is O=C(O)c1ccc2c(cnn2Cc2cc(Br)ccc2OCCC2CCCC2)c1. The van der Waals surface area contributed by atoms with Crippen LogP contribution in [0, 0.1) is 5.92 Å². The van der Waals surface area contributed by atoms with Crippen LogP contribution < -0.4 is 4.74 Å². The van der Waals surface area contributed by atoms with Crippen LogP contribution in [0.4, 0.5) is 0 Å². The first kappa shape index (κ1) is 19.0. The van der Waals surface area contributed by atoms with Crippen molar-refractivity contribution < 1.29 is 14.6 Å². The van der Waals surface area contributed by atoms with Gasteiger partial charge in [-0.25, -0.2) is 4.79 Å². The molecule has 0 radical (unpaired) electrons. The summed E-state index contributed by atoms with van der Waals surface area (Å²) in [5.41, 5.74) is 2.22. The zero-order chi connectivity index (χ0) is 19.5. The van der Waals surface area contributed by atoms with Crippen LogP contribution >= 0.6 is 15.9 Å². The average Bonchev–Trinajstić information content (AvgIpc) is 3.33. The highest BCUT2D eigenvalue weighted by atomic mass is 79.9. The molecule has 1 saturated carbocycles. The number of carboxylic acid groups (broad SMARTS) is 1. The van der Waals surface area contributed by atoms with Gasteiger partial charge in [0.05, 0.1) is 30.4 Å². The molecule has 5 nitrogen and oxygen atoms in total. The smallest absolute Gasteiger partial charge is 0.335 e. The fourth-order valence-electron chi connectivity index (χ4n) is 3.95. The molecule has 4 rings (SSSR count). The third-order valence-corrected chi connectivity index (χ3v) is 5.98. The molecule has 0 saturated heterocycles. The van der Waals surface area contributed by atoms with E-state index in [1.165, 1.54) is 25.7 Å². The van der Waals surface area contributed by atoms with Crippen molar-refractivity contribution in [2.75, 3.05) is 6.61 Å². The van der Waals surface area contributed by atoms with Crippen LogP contribution in [-0.4, -0.2) is 27.5 Å². The highest BCUT2D eigenvalue weighted by Gasteiger charge is 2.16. The zero-order valence-corrected chi connectivity index (χ0v) is 17.2. The zero-order valence-electron chi connectivity index (χ0n) is 15.6. The normalized spacial score (nSPS) is 14.6. The molecule has 28 heavy (non-hydrogen) atoms. The molecule has 0 aliphatic heterocycles. The highest BCUT2D eigenvalue weighted by Crippen LogP contribution is 2.29. The molecule has 3 aromatic rings.